The average molecular weight is 187 g/mol. The van der Waals surface area contributed by atoms with Gasteiger partial charge in [-0.3, -0.25) is 4.99 Å². The van der Waals surface area contributed by atoms with Crippen molar-refractivity contribution in [2.75, 3.05) is 18.0 Å². The highest BCUT2D eigenvalue weighted by Gasteiger charge is 2.09. The topological polar surface area (TPSA) is 15.6 Å². The van der Waals surface area contributed by atoms with E-state index in [4.69, 9.17) is 11.6 Å². The van der Waals surface area contributed by atoms with E-state index in [0.29, 0.717) is 0 Å². The summed E-state index contributed by atoms with van der Waals surface area (Å²) < 4.78 is 0. The van der Waals surface area contributed by atoms with Gasteiger partial charge in [-0.05, 0) is 6.07 Å². The van der Waals surface area contributed by atoms with Gasteiger partial charge in [-0.15, -0.1) is 11.3 Å². The Morgan fingerprint density at radius 2 is 2.55 bits per heavy atom. The minimum Gasteiger partial charge on any atom is -0.323 e. The summed E-state index contributed by atoms with van der Waals surface area (Å²) in [5.74, 6) is 0. The van der Waals surface area contributed by atoms with Gasteiger partial charge in [0.05, 0.1) is 22.9 Å². The molecule has 58 valence electrons. The van der Waals surface area contributed by atoms with Crippen LogP contribution in [0.25, 0.3) is 0 Å². The molecule has 2 nitrogen and oxygen atoms in total. The van der Waals surface area contributed by atoms with Crippen LogP contribution in [-0.4, -0.2) is 19.4 Å². The smallest absolute Gasteiger partial charge is 0.0976 e. The van der Waals surface area contributed by atoms with Crippen LogP contribution in [0.1, 0.15) is 0 Å². The summed E-state index contributed by atoms with van der Waals surface area (Å²) in [7, 11) is 0. The molecule has 0 saturated heterocycles. The van der Waals surface area contributed by atoms with E-state index in [2.05, 4.69) is 9.89 Å². The lowest BCUT2D eigenvalue weighted by molar-refractivity contribution is 1.03. The van der Waals surface area contributed by atoms with E-state index in [9.17, 15) is 0 Å². The molecule has 1 aromatic rings. The number of hydrogen-bond donors (Lipinski definition) is 0. The fourth-order valence-corrected chi connectivity index (χ4v) is 2.07. The summed E-state index contributed by atoms with van der Waals surface area (Å²) in [6, 6.07) is 1.96. The molecule has 2 rings (SSSR count). The maximum Gasteiger partial charge on any atom is 0.0976 e. The first kappa shape index (κ1) is 7.13. The predicted octanol–water partition coefficient (Wildman–Crippen LogP) is 2.25. The third-order valence-electron chi connectivity index (χ3n) is 1.53. The third-order valence-corrected chi connectivity index (χ3v) is 2.84. The maximum absolute atomic E-state index is 5.78. The number of halogens is 1. The lowest BCUT2D eigenvalue weighted by atomic mass is 10.5. The molecule has 0 spiro atoms. The van der Waals surface area contributed by atoms with Gasteiger partial charge in [0.2, 0.25) is 0 Å². The lowest BCUT2D eigenvalue weighted by Gasteiger charge is -2.08. The highest BCUT2D eigenvalue weighted by atomic mass is 35.5. The van der Waals surface area contributed by atoms with Crippen molar-refractivity contribution in [3.8, 4) is 0 Å². The van der Waals surface area contributed by atoms with Crippen LogP contribution < -0.4 is 4.90 Å². The summed E-state index contributed by atoms with van der Waals surface area (Å²) in [5, 5.41) is 3.92. The summed E-state index contributed by atoms with van der Waals surface area (Å²) in [5.41, 5.74) is 0. The molecule has 0 aromatic carbocycles. The van der Waals surface area contributed by atoms with Crippen LogP contribution in [0, 0.1) is 0 Å². The van der Waals surface area contributed by atoms with Crippen LogP contribution in [0.5, 0.6) is 0 Å². The highest BCUT2D eigenvalue weighted by molar-refractivity contribution is 7.14. The Kier molecular flexibility index (Phi) is 1.84. The molecule has 0 aliphatic carbocycles. The van der Waals surface area contributed by atoms with Crippen molar-refractivity contribution < 1.29 is 0 Å². The summed E-state index contributed by atoms with van der Waals surface area (Å²) in [4.78, 5) is 6.22. The van der Waals surface area contributed by atoms with Gasteiger partial charge < -0.3 is 4.90 Å². The molecule has 1 aliphatic heterocycles. The second-order valence-corrected chi connectivity index (χ2v) is 3.64. The molecule has 0 bridgehead atoms. The van der Waals surface area contributed by atoms with Crippen molar-refractivity contribution in [3.05, 3.63) is 16.5 Å². The fourth-order valence-electron chi connectivity index (χ4n) is 1.000. The van der Waals surface area contributed by atoms with Crippen LogP contribution >= 0.6 is 22.9 Å². The second-order valence-electron chi connectivity index (χ2n) is 2.32. The van der Waals surface area contributed by atoms with Crippen LogP contribution in [0.4, 0.5) is 5.00 Å². The van der Waals surface area contributed by atoms with Crippen molar-refractivity contribution in [2.24, 2.45) is 4.99 Å². The average Bonchev–Trinajstić information content (AvgIpc) is 2.55. The van der Waals surface area contributed by atoms with E-state index in [1.807, 2.05) is 17.8 Å². The summed E-state index contributed by atoms with van der Waals surface area (Å²) in [6.45, 7) is 1.88. The minimum atomic E-state index is 0.810. The van der Waals surface area contributed by atoms with Crippen LogP contribution in [-0.2, 0) is 0 Å². The Bertz CT molecular complexity index is 282. The minimum absolute atomic E-state index is 0.810. The van der Waals surface area contributed by atoms with E-state index in [1.165, 1.54) is 5.00 Å². The Hall–Kier alpha value is -0.540. The van der Waals surface area contributed by atoms with Gasteiger partial charge in [0.15, 0.2) is 0 Å². The standard InChI is InChI=1S/C7H7ClN2S/c8-6-3-7(11-4-6)10-2-1-9-5-10/h3-5H,1-2H2. The molecule has 4 heteroatoms. The fraction of sp³-hybridized carbons (Fsp3) is 0.286. The summed E-state index contributed by atoms with van der Waals surface area (Å²) >= 11 is 7.43. The van der Waals surface area contributed by atoms with E-state index < -0.39 is 0 Å². The number of aliphatic imine (C=N–C) groups is 1. The largest absolute Gasteiger partial charge is 0.323 e. The van der Waals surface area contributed by atoms with E-state index in [-0.39, 0.29) is 0 Å². The molecular weight excluding hydrogens is 180 g/mol. The van der Waals surface area contributed by atoms with E-state index in [0.717, 1.165) is 18.1 Å². The van der Waals surface area contributed by atoms with Crippen LogP contribution in [0.2, 0.25) is 5.02 Å². The quantitative estimate of drug-likeness (QED) is 0.657. The van der Waals surface area contributed by atoms with Crippen molar-refractivity contribution in [2.45, 2.75) is 0 Å². The predicted molar refractivity (Wildman–Crippen MR) is 50.0 cm³/mol. The van der Waals surface area contributed by atoms with Crippen LogP contribution in [0.3, 0.4) is 0 Å². The summed E-state index contributed by atoms with van der Waals surface area (Å²) in [6.07, 6.45) is 1.86. The lowest BCUT2D eigenvalue weighted by Crippen LogP contribution is -2.16. The Morgan fingerprint density at radius 1 is 1.64 bits per heavy atom. The first-order valence-corrected chi connectivity index (χ1v) is 4.62. The van der Waals surface area contributed by atoms with Crippen molar-refractivity contribution in [3.63, 3.8) is 0 Å². The highest BCUT2D eigenvalue weighted by Crippen LogP contribution is 2.27. The Balaban J connectivity index is 2.22. The van der Waals surface area contributed by atoms with Crippen LogP contribution in [0.15, 0.2) is 16.4 Å². The first-order valence-electron chi connectivity index (χ1n) is 3.37. The molecule has 0 N–H and O–H groups in total. The van der Waals surface area contributed by atoms with Gasteiger partial charge in [-0.25, -0.2) is 0 Å². The molecule has 1 aromatic heterocycles. The van der Waals surface area contributed by atoms with E-state index in [1.54, 1.807) is 11.3 Å². The number of thiophene rings is 1. The molecule has 11 heavy (non-hydrogen) atoms. The molecule has 0 atom stereocenters. The number of rotatable bonds is 1. The van der Waals surface area contributed by atoms with Gasteiger partial charge in [0, 0.05) is 11.9 Å². The monoisotopic (exact) mass is 186 g/mol. The Morgan fingerprint density at radius 3 is 3.09 bits per heavy atom. The zero-order chi connectivity index (χ0) is 7.68. The molecule has 0 unspecified atom stereocenters. The molecular formula is C7H7ClN2S. The number of hydrogen-bond acceptors (Lipinski definition) is 3. The Labute approximate surface area is 74.1 Å². The molecule has 0 amide bonds. The van der Waals surface area contributed by atoms with E-state index >= 15 is 0 Å². The molecule has 0 saturated carbocycles. The normalized spacial score (nSPS) is 16.3. The van der Waals surface area contributed by atoms with Gasteiger partial charge in [0.25, 0.3) is 0 Å². The SMILES string of the molecule is Clc1csc(N2C=NCC2)c1. The van der Waals surface area contributed by atoms with Gasteiger partial charge in [-0.1, -0.05) is 11.6 Å². The molecule has 0 radical (unpaired) electrons. The number of nitrogens with zero attached hydrogens (tertiary/aromatic N) is 2. The molecule has 0 fully saturated rings. The zero-order valence-electron chi connectivity index (χ0n) is 5.83. The first-order chi connectivity index (χ1) is 5.36. The van der Waals surface area contributed by atoms with Crippen molar-refractivity contribution in [1.29, 1.82) is 0 Å². The second kappa shape index (κ2) is 2.83. The van der Waals surface area contributed by atoms with Gasteiger partial charge in [0.1, 0.15) is 0 Å². The van der Waals surface area contributed by atoms with Crippen molar-refractivity contribution >= 4 is 34.3 Å². The third kappa shape index (κ3) is 1.39. The van der Waals surface area contributed by atoms with Gasteiger partial charge >= 0.3 is 0 Å². The zero-order valence-corrected chi connectivity index (χ0v) is 7.40. The number of anilines is 1. The molecule has 1 aliphatic rings. The van der Waals surface area contributed by atoms with Gasteiger partial charge in [-0.2, -0.15) is 0 Å². The van der Waals surface area contributed by atoms with Crippen molar-refractivity contribution in [1.82, 2.24) is 0 Å². The maximum atomic E-state index is 5.78. The molecule has 2 heterocycles.